The first-order valence-corrected chi connectivity index (χ1v) is 7.21. The van der Waals surface area contributed by atoms with Gasteiger partial charge in [-0.15, -0.1) is 0 Å². The zero-order valence-electron chi connectivity index (χ0n) is 10.8. The Balaban J connectivity index is 2.32. The summed E-state index contributed by atoms with van der Waals surface area (Å²) in [5.41, 5.74) is 0.862. The fourth-order valence-electron chi connectivity index (χ4n) is 2.15. The van der Waals surface area contributed by atoms with Gasteiger partial charge in [0.1, 0.15) is 4.47 Å². The summed E-state index contributed by atoms with van der Waals surface area (Å²) in [6, 6.07) is 0.467. The predicted molar refractivity (Wildman–Crippen MR) is 76.2 cm³/mol. The Labute approximate surface area is 115 Å². The molecule has 1 aliphatic rings. The molecule has 1 aliphatic heterocycles. The van der Waals surface area contributed by atoms with Gasteiger partial charge in [0.2, 0.25) is 0 Å². The second-order valence-corrected chi connectivity index (χ2v) is 5.26. The average Bonchev–Trinajstić information content (AvgIpc) is 2.31. The lowest BCUT2D eigenvalue weighted by molar-refractivity contribution is 0.416. The lowest BCUT2D eigenvalue weighted by atomic mass is 10.1. The summed E-state index contributed by atoms with van der Waals surface area (Å²) < 4.78 is 2.14. The maximum absolute atomic E-state index is 12.1. The van der Waals surface area contributed by atoms with E-state index in [-0.39, 0.29) is 5.56 Å². The molecule has 0 unspecified atom stereocenters. The van der Waals surface area contributed by atoms with Crippen molar-refractivity contribution in [2.45, 2.75) is 32.9 Å². The van der Waals surface area contributed by atoms with Crippen LogP contribution in [-0.2, 0) is 6.54 Å². The molecule has 0 atom stereocenters. The molecule has 0 radical (unpaired) electrons. The Morgan fingerprint density at radius 2 is 2.28 bits per heavy atom. The van der Waals surface area contributed by atoms with E-state index >= 15 is 0 Å². The highest BCUT2D eigenvalue weighted by Crippen LogP contribution is 2.24. The van der Waals surface area contributed by atoms with Gasteiger partial charge in [0.05, 0.1) is 17.9 Å². The van der Waals surface area contributed by atoms with Crippen LogP contribution < -0.4 is 15.8 Å². The topological polar surface area (TPSA) is 50.2 Å². The summed E-state index contributed by atoms with van der Waals surface area (Å²) in [7, 11) is 0. The standard InChI is InChI=1S/C12H19BrN4O/c1-3-5-17-12(18)11(13)10(8-15-17)16(4-2)9-6-14-7-9/h8-9,14H,3-7H2,1-2H3. The molecule has 0 amide bonds. The zero-order chi connectivity index (χ0) is 13.1. The summed E-state index contributed by atoms with van der Waals surface area (Å²) in [6.07, 6.45) is 2.70. The summed E-state index contributed by atoms with van der Waals surface area (Å²) >= 11 is 3.43. The Morgan fingerprint density at radius 3 is 2.78 bits per heavy atom. The number of halogens is 1. The first kappa shape index (κ1) is 13.5. The highest BCUT2D eigenvalue weighted by Gasteiger charge is 2.26. The SMILES string of the molecule is CCCn1ncc(N(CC)C2CNC2)c(Br)c1=O. The van der Waals surface area contributed by atoms with Crippen LogP contribution in [0, 0.1) is 0 Å². The van der Waals surface area contributed by atoms with E-state index in [1.165, 1.54) is 4.68 Å². The Morgan fingerprint density at radius 1 is 1.56 bits per heavy atom. The number of aryl methyl sites for hydroxylation is 1. The molecule has 1 fully saturated rings. The zero-order valence-corrected chi connectivity index (χ0v) is 12.4. The molecule has 100 valence electrons. The number of anilines is 1. The Hall–Kier alpha value is -0.880. The third kappa shape index (κ3) is 2.44. The van der Waals surface area contributed by atoms with Crippen LogP contribution in [-0.4, -0.2) is 35.5 Å². The lowest BCUT2D eigenvalue weighted by Gasteiger charge is -2.39. The van der Waals surface area contributed by atoms with Crippen molar-refractivity contribution in [2.75, 3.05) is 24.5 Å². The van der Waals surface area contributed by atoms with Crippen molar-refractivity contribution in [1.82, 2.24) is 15.1 Å². The smallest absolute Gasteiger partial charge is 0.283 e. The van der Waals surface area contributed by atoms with Crippen LogP contribution in [0.5, 0.6) is 0 Å². The quantitative estimate of drug-likeness (QED) is 0.887. The van der Waals surface area contributed by atoms with Gasteiger partial charge >= 0.3 is 0 Å². The van der Waals surface area contributed by atoms with Gasteiger partial charge in [-0.25, -0.2) is 4.68 Å². The monoisotopic (exact) mass is 314 g/mol. The molecule has 5 nitrogen and oxygen atoms in total. The average molecular weight is 315 g/mol. The second-order valence-electron chi connectivity index (χ2n) is 4.47. The molecule has 6 heteroatoms. The fourth-order valence-corrected chi connectivity index (χ4v) is 2.68. The van der Waals surface area contributed by atoms with Gasteiger partial charge in [0.15, 0.2) is 0 Å². The molecule has 0 spiro atoms. The van der Waals surface area contributed by atoms with Crippen molar-refractivity contribution < 1.29 is 0 Å². The van der Waals surface area contributed by atoms with Crippen LogP contribution >= 0.6 is 15.9 Å². The maximum Gasteiger partial charge on any atom is 0.283 e. The molecule has 1 saturated heterocycles. The first-order chi connectivity index (χ1) is 8.69. The first-order valence-electron chi connectivity index (χ1n) is 6.42. The molecule has 1 aromatic heterocycles. The van der Waals surface area contributed by atoms with Crippen molar-refractivity contribution in [1.29, 1.82) is 0 Å². The number of hydrogen-bond acceptors (Lipinski definition) is 4. The van der Waals surface area contributed by atoms with E-state index in [2.05, 4.69) is 38.2 Å². The molecule has 2 heterocycles. The van der Waals surface area contributed by atoms with Crippen LogP contribution in [0.1, 0.15) is 20.3 Å². The summed E-state index contributed by atoms with van der Waals surface area (Å²) in [6.45, 7) is 7.62. The number of nitrogens with one attached hydrogen (secondary N) is 1. The Bertz CT molecular complexity index is 470. The van der Waals surface area contributed by atoms with Gasteiger partial charge in [-0.05, 0) is 29.3 Å². The van der Waals surface area contributed by atoms with Gasteiger partial charge in [-0.2, -0.15) is 5.10 Å². The van der Waals surface area contributed by atoms with Gasteiger partial charge < -0.3 is 10.2 Å². The van der Waals surface area contributed by atoms with E-state index < -0.39 is 0 Å². The third-order valence-corrected chi connectivity index (χ3v) is 4.00. The van der Waals surface area contributed by atoms with Crippen molar-refractivity contribution in [2.24, 2.45) is 0 Å². The summed E-state index contributed by atoms with van der Waals surface area (Å²) in [5, 5.41) is 7.50. The van der Waals surface area contributed by atoms with Crippen molar-refractivity contribution in [3.8, 4) is 0 Å². The summed E-state index contributed by atoms with van der Waals surface area (Å²) in [4.78, 5) is 14.4. The number of nitrogens with zero attached hydrogens (tertiary/aromatic N) is 3. The molecule has 1 N–H and O–H groups in total. The van der Waals surface area contributed by atoms with Crippen molar-refractivity contribution in [3.63, 3.8) is 0 Å². The molecule has 0 saturated carbocycles. The minimum absolute atomic E-state index is 0.0416. The van der Waals surface area contributed by atoms with Crippen molar-refractivity contribution >= 4 is 21.6 Å². The fraction of sp³-hybridized carbons (Fsp3) is 0.667. The molecule has 0 aliphatic carbocycles. The van der Waals surface area contributed by atoms with E-state index in [0.717, 1.165) is 31.7 Å². The molecular formula is C12H19BrN4O. The molecule has 18 heavy (non-hydrogen) atoms. The van der Waals surface area contributed by atoms with Gasteiger partial charge in [0.25, 0.3) is 5.56 Å². The minimum atomic E-state index is -0.0416. The van der Waals surface area contributed by atoms with Crippen LogP contribution in [0.3, 0.4) is 0 Å². The van der Waals surface area contributed by atoms with Gasteiger partial charge in [-0.3, -0.25) is 4.79 Å². The summed E-state index contributed by atoms with van der Waals surface area (Å²) in [5.74, 6) is 0. The Kier molecular flexibility index (Phi) is 4.40. The van der Waals surface area contributed by atoms with Crippen LogP contribution in [0.2, 0.25) is 0 Å². The van der Waals surface area contributed by atoms with E-state index in [1.54, 1.807) is 6.20 Å². The van der Waals surface area contributed by atoms with E-state index in [0.29, 0.717) is 17.1 Å². The lowest BCUT2D eigenvalue weighted by Crippen LogP contribution is -2.57. The molecule has 2 rings (SSSR count). The number of likely N-dealkylation sites (N-methyl/N-ethyl adjacent to an activating group) is 1. The highest BCUT2D eigenvalue weighted by atomic mass is 79.9. The van der Waals surface area contributed by atoms with Crippen LogP contribution in [0.4, 0.5) is 5.69 Å². The highest BCUT2D eigenvalue weighted by molar-refractivity contribution is 9.10. The minimum Gasteiger partial charge on any atom is -0.364 e. The van der Waals surface area contributed by atoms with E-state index in [1.807, 2.05) is 6.92 Å². The van der Waals surface area contributed by atoms with Crippen LogP contribution in [0.15, 0.2) is 15.5 Å². The van der Waals surface area contributed by atoms with Crippen LogP contribution in [0.25, 0.3) is 0 Å². The number of rotatable bonds is 5. The maximum atomic E-state index is 12.1. The second kappa shape index (κ2) is 5.84. The molecule has 1 aromatic rings. The van der Waals surface area contributed by atoms with E-state index in [4.69, 9.17) is 0 Å². The van der Waals surface area contributed by atoms with Crippen molar-refractivity contribution in [3.05, 3.63) is 21.0 Å². The van der Waals surface area contributed by atoms with E-state index in [9.17, 15) is 4.79 Å². The third-order valence-electron chi connectivity index (χ3n) is 3.25. The normalized spacial score (nSPS) is 15.5. The predicted octanol–water partition coefficient (Wildman–Crippen LogP) is 1.21. The molecular weight excluding hydrogens is 296 g/mol. The largest absolute Gasteiger partial charge is 0.364 e. The number of hydrogen-bond donors (Lipinski definition) is 1. The van der Waals surface area contributed by atoms with Gasteiger partial charge in [0, 0.05) is 26.2 Å². The molecule has 0 bridgehead atoms. The number of aromatic nitrogens is 2. The molecule has 0 aromatic carbocycles. The van der Waals surface area contributed by atoms with Gasteiger partial charge in [-0.1, -0.05) is 6.92 Å².